The van der Waals surface area contributed by atoms with E-state index in [1.807, 2.05) is 0 Å². The zero-order valence-corrected chi connectivity index (χ0v) is 8.20. The molecule has 0 unspecified atom stereocenters. The highest BCUT2D eigenvalue weighted by molar-refractivity contribution is 6.03. The molecule has 0 radical (unpaired) electrons. The Kier molecular flexibility index (Phi) is 2.59. The zero-order chi connectivity index (χ0) is 11.5. The number of aromatic nitrogens is 1. The van der Waals surface area contributed by atoms with Gasteiger partial charge in [0.2, 0.25) is 0 Å². The van der Waals surface area contributed by atoms with Gasteiger partial charge >= 0.3 is 0 Å². The van der Waals surface area contributed by atoms with Crippen LogP contribution in [-0.2, 0) is 0 Å². The fraction of sp³-hybridized carbons (Fsp3) is 0. The van der Waals surface area contributed by atoms with Gasteiger partial charge in [0, 0.05) is 12.3 Å². The van der Waals surface area contributed by atoms with E-state index < -0.39 is 11.7 Å². The van der Waals surface area contributed by atoms with Crippen LogP contribution in [0.15, 0.2) is 36.5 Å². The molecular formula is C11H9FN2O2. The Morgan fingerprint density at radius 3 is 2.88 bits per heavy atom. The van der Waals surface area contributed by atoms with Crippen LogP contribution in [0.4, 0.5) is 10.1 Å². The van der Waals surface area contributed by atoms with E-state index in [-0.39, 0.29) is 11.4 Å². The van der Waals surface area contributed by atoms with Crippen molar-refractivity contribution in [2.24, 2.45) is 0 Å². The van der Waals surface area contributed by atoms with Gasteiger partial charge in [-0.1, -0.05) is 0 Å². The number of aromatic amines is 1. The van der Waals surface area contributed by atoms with Crippen molar-refractivity contribution in [3.05, 3.63) is 48.0 Å². The second-order valence-electron chi connectivity index (χ2n) is 3.20. The van der Waals surface area contributed by atoms with E-state index in [1.54, 1.807) is 18.3 Å². The van der Waals surface area contributed by atoms with E-state index in [0.29, 0.717) is 5.69 Å². The number of benzene rings is 1. The van der Waals surface area contributed by atoms with Crippen molar-refractivity contribution in [3.63, 3.8) is 0 Å². The molecule has 0 atom stereocenters. The molecule has 2 aromatic rings. The number of aromatic hydroxyl groups is 1. The summed E-state index contributed by atoms with van der Waals surface area (Å²) in [5, 5.41) is 11.8. The van der Waals surface area contributed by atoms with Gasteiger partial charge in [-0.05, 0) is 24.3 Å². The van der Waals surface area contributed by atoms with Gasteiger partial charge in [-0.15, -0.1) is 0 Å². The molecule has 1 amide bonds. The standard InChI is InChI=1S/C11H9FN2O2/c12-7-3-4-10(15)9(6-7)14-11(16)8-2-1-5-13-8/h1-6,13,15H,(H,14,16). The van der Waals surface area contributed by atoms with Gasteiger partial charge in [0.15, 0.2) is 0 Å². The summed E-state index contributed by atoms with van der Waals surface area (Å²) in [6.07, 6.45) is 1.60. The van der Waals surface area contributed by atoms with Crippen molar-refractivity contribution in [1.82, 2.24) is 4.98 Å². The summed E-state index contributed by atoms with van der Waals surface area (Å²) >= 11 is 0. The number of amides is 1. The lowest BCUT2D eigenvalue weighted by Crippen LogP contribution is -2.12. The Bertz CT molecular complexity index is 509. The number of nitrogens with one attached hydrogen (secondary N) is 2. The van der Waals surface area contributed by atoms with Gasteiger partial charge < -0.3 is 15.4 Å². The van der Waals surface area contributed by atoms with Crippen molar-refractivity contribution in [2.75, 3.05) is 5.32 Å². The first-order valence-corrected chi connectivity index (χ1v) is 4.60. The van der Waals surface area contributed by atoms with E-state index in [2.05, 4.69) is 10.3 Å². The van der Waals surface area contributed by atoms with Crippen molar-refractivity contribution in [2.45, 2.75) is 0 Å². The summed E-state index contributed by atoms with van der Waals surface area (Å²) in [4.78, 5) is 14.3. The minimum Gasteiger partial charge on any atom is -0.506 e. The van der Waals surface area contributed by atoms with Gasteiger partial charge in [-0.2, -0.15) is 0 Å². The fourth-order valence-corrected chi connectivity index (χ4v) is 1.27. The average molecular weight is 220 g/mol. The van der Waals surface area contributed by atoms with Gasteiger partial charge in [0.25, 0.3) is 5.91 Å². The summed E-state index contributed by atoms with van der Waals surface area (Å²) in [6, 6.07) is 6.58. The van der Waals surface area contributed by atoms with E-state index >= 15 is 0 Å². The van der Waals surface area contributed by atoms with Gasteiger partial charge in [-0.3, -0.25) is 4.79 Å². The number of H-pyrrole nitrogens is 1. The Morgan fingerprint density at radius 1 is 1.38 bits per heavy atom. The fourth-order valence-electron chi connectivity index (χ4n) is 1.27. The minimum absolute atomic E-state index is 0.0413. The maximum Gasteiger partial charge on any atom is 0.272 e. The zero-order valence-electron chi connectivity index (χ0n) is 8.20. The largest absolute Gasteiger partial charge is 0.506 e. The van der Waals surface area contributed by atoms with Crippen LogP contribution < -0.4 is 5.32 Å². The number of rotatable bonds is 2. The Morgan fingerprint density at radius 2 is 2.19 bits per heavy atom. The first-order chi connectivity index (χ1) is 7.66. The Balaban J connectivity index is 2.21. The summed E-state index contributed by atoms with van der Waals surface area (Å²) < 4.78 is 12.9. The molecule has 0 aliphatic carbocycles. The van der Waals surface area contributed by atoms with Crippen molar-refractivity contribution >= 4 is 11.6 Å². The molecule has 2 rings (SSSR count). The molecule has 0 aliphatic heterocycles. The molecular weight excluding hydrogens is 211 g/mol. The summed E-state index contributed by atoms with van der Waals surface area (Å²) in [7, 11) is 0. The van der Waals surface area contributed by atoms with E-state index in [0.717, 1.165) is 12.1 Å². The van der Waals surface area contributed by atoms with Crippen LogP contribution in [0.25, 0.3) is 0 Å². The predicted molar refractivity (Wildman–Crippen MR) is 56.8 cm³/mol. The number of anilines is 1. The van der Waals surface area contributed by atoms with Crippen molar-refractivity contribution in [3.8, 4) is 5.75 Å². The van der Waals surface area contributed by atoms with E-state index in [4.69, 9.17) is 0 Å². The number of carbonyl (C=O) groups is 1. The third kappa shape index (κ3) is 2.03. The molecule has 0 saturated carbocycles. The topological polar surface area (TPSA) is 65.1 Å². The molecule has 5 heteroatoms. The summed E-state index contributed by atoms with van der Waals surface area (Å²) in [5.74, 6) is -1.15. The minimum atomic E-state index is -0.528. The molecule has 0 fully saturated rings. The molecule has 4 nitrogen and oxygen atoms in total. The smallest absolute Gasteiger partial charge is 0.272 e. The van der Waals surface area contributed by atoms with Gasteiger partial charge in [0.1, 0.15) is 17.3 Å². The molecule has 0 bridgehead atoms. The predicted octanol–water partition coefficient (Wildman–Crippen LogP) is 2.11. The lowest BCUT2D eigenvalue weighted by Gasteiger charge is -2.05. The highest BCUT2D eigenvalue weighted by Crippen LogP contribution is 2.23. The number of phenols is 1. The van der Waals surface area contributed by atoms with Crippen LogP contribution in [0, 0.1) is 5.82 Å². The second kappa shape index (κ2) is 4.06. The molecule has 1 heterocycles. The third-order valence-corrected chi connectivity index (χ3v) is 2.05. The highest BCUT2D eigenvalue weighted by Gasteiger charge is 2.09. The number of carbonyl (C=O) groups excluding carboxylic acids is 1. The first kappa shape index (κ1) is 10.2. The average Bonchev–Trinajstić information content (AvgIpc) is 2.76. The lowest BCUT2D eigenvalue weighted by molar-refractivity contribution is 0.102. The lowest BCUT2D eigenvalue weighted by atomic mass is 10.2. The number of halogens is 1. The molecule has 0 saturated heterocycles. The molecule has 3 N–H and O–H groups in total. The third-order valence-electron chi connectivity index (χ3n) is 2.05. The van der Waals surface area contributed by atoms with Crippen LogP contribution in [0.1, 0.15) is 10.5 Å². The van der Waals surface area contributed by atoms with Crippen LogP contribution in [0.5, 0.6) is 5.75 Å². The molecule has 1 aromatic carbocycles. The van der Waals surface area contributed by atoms with Gasteiger partial charge in [-0.25, -0.2) is 4.39 Å². The molecule has 1 aromatic heterocycles. The second-order valence-corrected chi connectivity index (χ2v) is 3.20. The van der Waals surface area contributed by atoms with Crippen LogP contribution in [0.3, 0.4) is 0 Å². The van der Waals surface area contributed by atoms with Crippen molar-refractivity contribution in [1.29, 1.82) is 0 Å². The summed E-state index contributed by atoms with van der Waals surface area (Å²) in [5.41, 5.74) is 0.378. The normalized spacial score (nSPS) is 10.1. The van der Waals surface area contributed by atoms with E-state index in [9.17, 15) is 14.3 Å². The Hall–Kier alpha value is -2.30. The van der Waals surface area contributed by atoms with Crippen molar-refractivity contribution < 1.29 is 14.3 Å². The summed E-state index contributed by atoms with van der Waals surface area (Å²) in [6.45, 7) is 0. The molecule has 16 heavy (non-hydrogen) atoms. The maximum atomic E-state index is 12.9. The maximum absolute atomic E-state index is 12.9. The number of hydrogen-bond donors (Lipinski definition) is 3. The molecule has 82 valence electrons. The molecule has 0 aliphatic rings. The Labute approximate surface area is 90.7 Å². The van der Waals surface area contributed by atoms with E-state index in [1.165, 1.54) is 6.07 Å². The number of hydrogen-bond acceptors (Lipinski definition) is 2. The van der Waals surface area contributed by atoms with Crippen LogP contribution in [-0.4, -0.2) is 16.0 Å². The van der Waals surface area contributed by atoms with Gasteiger partial charge in [0.05, 0.1) is 5.69 Å². The molecule has 0 spiro atoms. The SMILES string of the molecule is O=C(Nc1cc(F)ccc1O)c1ccc[nH]1. The van der Waals surface area contributed by atoms with Crippen LogP contribution in [0.2, 0.25) is 0 Å². The highest BCUT2D eigenvalue weighted by atomic mass is 19.1. The first-order valence-electron chi connectivity index (χ1n) is 4.60. The van der Waals surface area contributed by atoms with Crippen LogP contribution >= 0.6 is 0 Å². The monoisotopic (exact) mass is 220 g/mol. The number of phenolic OH excluding ortho intramolecular Hbond substituents is 1. The quantitative estimate of drug-likeness (QED) is 0.678.